The van der Waals surface area contributed by atoms with Gasteiger partial charge in [-0.15, -0.1) is 0 Å². The van der Waals surface area contributed by atoms with Crippen molar-refractivity contribution in [1.82, 2.24) is 19.9 Å². The summed E-state index contributed by atoms with van der Waals surface area (Å²) in [6, 6.07) is 1.94. The molecule has 0 atom stereocenters. The first-order chi connectivity index (χ1) is 15.8. The van der Waals surface area contributed by atoms with Crippen LogP contribution in [-0.4, -0.2) is 68.3 Å². The van der Waals surface area contributed by atoms with Crippen LogP contribution < -0.4 is 33.6 Å². The number of H-pyrrole nitrogens is 2. The fourth-order valence-corrected chi connectivity index (χ4v) is 1.57. The molecule has 0 spiro atoms. The van der Waals surface area contributed by atoms with Crippen molar-refractivity contribution in [1.29, 1.82) is 5.41 Å². The number of nitrogens with zero attached hydrogens (tertiary/aromatic N) is 2. The van der Waals surface area contributed by atoms with Crippen LogP contribution in [0, 0.1) is 5.41 Å². The van der Waals surface area contributed by atoms with Crippen LogP contribution in [0.25, 0.3) is 0 Å². The van der Waals surface area contributed by atoms with Gasteiger partial charge in [-0.25, -0.2) is 0 Å². The van der Waals surface area contributed by atoms with Crippen molar-refractivity contribution in [3.05, 3.63) is 32.8 Å². The molecular weight excluding hydrogens is 458 g/mol. The molecule has 0 saturated carbocycles. The number of anilines is 2. The van der Waals surface area contributed by atoms with Crippen molar-refractivity contribution in [3.63, 3.8) is 0 Å². The van der Waals surface area contributed by atoms with Gasteiger partial charge in [0.1, 0.15) is 6.42 Å². The van der Waals surface area contributed by atoms with Gasteiger partial charge in [-0.3, -0.25) is 34.6 Å². The third-order valence-electron chi connectivity index (χ3n) is 2.61. The summed E-state index contributed by atoms with van der Waals surface area (Å²) in [6.45, 7) is 3.95. The third kappa shape index (κ3) is 19.2. The maximum atomic E-state index is 10.6. The van der Waals surface area contributed by atoms with E-state index in [1.807, 2.05) is 0 Å². The second kappa shape index (κ2) is 17.8. The number of nitrogen functional groups attached to an aromatic ring is 1. The monoisotopic (exact) mass is 487 g/mol. The van der Waals surface area contributed by atoms with Crippen LogP contribution in [0.15, 0.2) is 21.7 Å². The van der Waals surface area contributed by atoms with Gasteiger partial charge in [0.2, 0.25) is 23.7 Å². The molecular formula is C17H29N9O8. The first-order valence-electron chi connectivity index (χ1n) is 9.29. The Bertz CT molecular complexity index is 979. The minimum absolute atomic E-state index is 0.0833. The standard InChI is InChI=1S/C7H12O4.C5H7N3O2.C4H5N3O2.CH5N3/c1-3-10-6(8)5-7(9)11-4-2;1-6-5-7-3(9)2-4(10)8-5;5-4-6-2(8)1-3(9)7-4;2-1(3)4/h3-5H2,1-2H3;2H,1H3,(H3,6,7,8,9,10);1H,(H4,5,6,7,8,9);(H5,2,3,4). The Morgan fingerprint density at radius 3 is 1.74 bits per heavy atom. The second-order valence-electron chi connectivity index (χ2n) is 5.43. The summed E-state index contributed by atoms with van der Waals surface area (Å²) >= 11 is 0. The topological polar surface area (TPSA) is 299 Å². The molecule has 12 N–H and O–H groups in total. The molecule has 0 amide bonds. The van der Waals surface area contributed by atoms with E-state index in [0.29, 0.717) is 0 Å². The van der Waals surface area contributed by atoms with Gasteiger partial charge >= 0.3 is 11.9 Å². The molecule has 0 unspecified atom stereocenters. The Balaban J connectivity index is 0. The van der Waals surface area contributed by atoms with Crippen molar-refractivity contribution in [3.8, 4) is 11.8 Å². The molecule has 34 heavy (non-hydrogen) atoms. The number of aromatic amines is 2. The number of aromatic hydroxyl groups is 2. The van der Waals surface area contributed by atoms with E-state index in [0.717, 1.165) is 12.1 Å². The van der Waals surface area contributed by atoms with E-state index in [1.165, 1.54) is 0 Å². The van der Waals surface area contributed by atoms with Gasteiger partial charge in [-0.05, 0) is 13.8 Å². The van der Waals surface area contributed by atoms with Gasteiger partial charge in [-0.2, -0.15) is 9.97 Å². The van der Waals surface area contributed by atoms with Gasteiger partial charge in [-0.1, -0.05) is 0 Å². The third-order valence-corrected chi connectivity index (χ3v) is 2.61. The fourth-order valence-electron chi connectivity index (χ4n) is 1.57. The van der Waals surface area contributed by atoms with Gasteiger partial charge in [0, 0.05) is 7.05 Å². The van der Waals surface area contributed by atoms with E-state index in [4.69, 9.17) is 21.4 Å². The predicted octanol–water partition coefficient (Wildman–Crippen LogP) is -2.08. The Kier molecular flexibility index (Phi) is 16.4. The Hall–Kier alpha value is -4.83. The maximum absolute atomic E-state index is 10.6. The molecule has 0 radical (unpaired) electrons. The van der Waals surface area contributed by atoms with E-state index < -0.39 is 17.5 Å². The summed E-state index contributed by atoms with van der Waals surface area (Å²) in [7, 11) is 1.59. The van der Waals surface area contributed by atoms with Gasteiger partial charge in [0.05, 0.1) is 25.3 Å². The number of carbonyl (C=O) groups is 2. The average molecular weight is 487 g/mol. The molecule has 0 saturated heterocycles. The highest BCUT2D eigenvalue weighted by Crippen LogP contribution is 2.00. The van der Waals surface area contributed by atoms with Crippen LogP contribution in [0.2, 0.25) is 0 Å². The van der Waals surface area contributed by atoms with Gasteiger partial charge in [0.15, 0.2) is 5.96 Å². The fraction of sp³-hybridized carbons (Fsp3) is 0.353. The van der Waals surface area contributed by atoms with Crippen molar-refractivity contribution in [2.75, 3.05) is 31.3 Å². The van der Waals surface area contributed by atoms with Crippen LogP contribution in [0.3, 0.4) is 0 Å². The number of ether oxygens (including phenoxy) is 2. The highest BCUT2D eigenvalue weighted by molar-refractivity contribution is 5.91. The quantitative estimate of drug-likeness (QED) is 0.0945. The zero-order chi connectivity index (χ0) is 26.7. The molecule has 2 aromatic heterocycles. The zero-order valence-corrected chi connectivity index (χ0v) is 18.7. The maximum Gasteiger partial charge on any atom is 0.317 e. The zero-order valence-electron chi connectivity index (χ0n) is 18.7. The minimum atomic E-state index is -0.536. The number of esters is 2. The number of guanidine groups is 1. The van der Waals surface area contributed by atoms with E-state index in [-0.39, 0.29) is 54.8 Å². The summed E-state index contributed by atoms with van der Waals surface area (Å²) in [5.74, 6) is -1.88. The van der Waals surface area contributed by atoms with Gasteiger partial charge in [0.25, 0.3) is 11.1 Å². The van der Waals surface area contributed by atoms with Crippen LogP contribution >= 0.6 is 0 Å². The molecule has 2 heterocycles. The molecule has 0 bridgehead atoms. The lowest BCUT2D eigenvalue weighted by atomic mass is 10.4. The lowest BCUT2D eigenvalue weighted by molar-refractivity contribution is -0.153. The number of hydrogen-bond donors (Lipinski definition) is 9. The number of aromatic nitrogens is 4. The summed E-state index contributed by atoms with van der Waals surface area (Å²) in [5.41, 5.74) is 13.1. The number of nitrogens with one attached hydrogen (secondary N) is 4. The first kappa shape index (κ1) is 31.4. The molecule has 17 heteroatoms. The molecule has 0 aromatic carbocycles. The molecule has 190 valence electrons. The molecule has 2 aromatic rings. The van der Waals surface area contributed by atoms with Crippen LogP contribution in [-0.2, 0) is 19.1 Å². The number of nitrogens with two attached hydrogens (primary N) is 3. The smallest absolute Gasteiger partial charge is 0.317 e. The van der Waals surface area contributed by atoms with E-state index in [9.17, 15) is 19.2 Å². The molecule has 2 rings (SSSR count). The largest absolute Gasteiger partial charge is 0.493 e. The van der Waals surface area contributed by atoms with Crippen molar-refractivity contribution in [2.45, 2.75) is 20.3 Å². The molecule has 0 aliphatic rings. The first-order valence-corrected chi connectivity index (χ1v) is 9.29. The van der Waals surface area contributed by atoms with Crippen LogP contribution in [0.1, 0.15) is 20.3 Å². The Labute approximate surface area is 192 Å². The summed E-state index contributed by atoms with van der Waals surface area (Å²) in [4.78, 5) is 53.5. The Morgan fingerprint density at radius 1 is 1.00 bits per heavy atom. The normalized spacial score (nSPS) is 8.79. The van der Waals surface area contributed by atoms with Crippen molar-refractivity contribution in [2.24, 2.45) is 11.5 Å². The van der Waals surface area contributed by atoms with Crippen molar-refractivity contribution < 1.29 is 29.3 Å². The average Bonchev–Trinajstić information content (AvgIpc) is 2.67. The Morgan fingerprint density at radius 2 is 1.41 bits per heavy atom. The highest BCUT2D eigenvalue weighted by Gasteiger charge is 2.09. The van der Waals surface area contributed by atoms with Crippen LogP contribution in [0.4, 0.5) is 11.9 Å². The summed E-state index contributed by atoms with van der Waals surface area (Å²) in [6.07, 6.45) is -0.290. The van der Waals surface area contributed by atoms with Crippen LogP contribution in [0.5, 0.6) is 11.8 Å². The molecule has 17 nitrogen and oxygen atoms in total. The highest BCUT2D eigenvalue weighted by atomic mass is 16.6. The number of carbonyl (C=O) groups excluding carboxylic acids is 2. The number of hydrogen-bond acceptors (Lipinski definition) is 13. The van der Waals surface area contributed by atoms with E-state index in [1.54, 1.807) is 20.9 Å². The van der Waals surface area contributed by atoms with Gasteiger partial charge < -0.3 is 42.2 Å². The molecule has 0 fully saturated rings. The summed E-state index contributed by atoms with van der Waals surface area (Å²) < 4.78 is 9.04. The van der Waals surface area contributed by atoms with E-state index in [2.05, 4.69) is 46.2 Å². The molecule has 0 aliphatic carbocycles. The lowest BCUT2D eigenvalue weighted by Gasteiger charge is -2.00. The minimum Gasteiger partial charge on any atom is -0.493 e. The number of rotatable bonds is 5. The van der Waals surface area contributed by atoms with Crippen molar-refractivity contribution >= 4 is 29.8 Å². The predicted molar refractivity (Wildman–Crippen MR) is 121 cm³/mol. The molecule has 0 aliphatic heterocycles. The SMILES string of the molecule is CCOC(=O)CC(=O)OCC.CNc1nc(O)cc(=O)[nH]1.N=C(N)N.Nc1nc(O)cc(=O)[nH]1. The summed E-state index contributed by atoms with van der Waals surface area (Å²) in [5, 5.41) is 26.0. The lowest BCUT2D eigenvalue weighted by Crippen LogP contribution is -2.20. The van der Waals surface area contributed by atoms with E-state index >= 15 is 0 Å². The second-order valence-corrected chi connectivity index (χ2v) is 5.43.